The van der Waals surface area contributed by atoms with Crippen LogP contribution in [0.5, 0.6) is 5.19 Å². The topological polar surface area (TPSA) is 45.9 Å². The maximum Gasteiger partial charge on any atom is 0.294 e. The fourth-order valence-electron chi connectivity index (χ4n) is 0.934. The van der Waals surface area contributed by atoms with Gasteiger partial charge in [0.25, 0.3) is 11.4 Å². The summed E-state index contributed by atoms with van der Waals surface area (Å²) in [6.45, 7) is 0. The average molecular weight is 176 g/mol. The Morgan fingerprint density at radius 2 is 2.25 bits per heavy atom. The summed E-state index contributed by atoms with van der Waals surface area (Å²) >= 11 is 1.37. The number of rotatable bonds is 1. The first-order valence-corrected chi connectivity index (χ1v) is 4.13. The highest BCUT2D eigenvalue weighted by Gasteiger charge is 2.02. The number of benzene rings is 1. The van der Waals surface area contributed by atoms with Crippen molar-refractivity contribution in [1.82, 2.24) is 4.98 Å². The normalized spacial score (nSPS) is 9.58. The summed E-state index contributed by atoms with van der Waals surface area (Å²) < 4.78 is 5.63. The molecule has 0 saturated carbocycles. The molecule has 0 aliphatic carbocycles. The van der Waals surface area contributed by atoms with Gasteiger partial charge in [0.1, 0.15) is 0 Å². The molecule has 2 rings (SSSR count). The Morgan fingerprint density at radius 3 is 3.00 bits per heavy atom. The van der Waals surface area contributed by atoms with Crippen LogP contribution in [0.2, 0.25) is 0 Å². The lowest BCUT2D eigenvalue weighted by Crippen LogP contribution is -1.77. The highest BCUT2D eigenvalue weighted by molar-refractivity contribution is 7.20. The largest absolute Gasteiger partial charge is 0.357 e. The number of para-hydroxylation sites is 1. The van der Waals surface area contributed by atoms with E-state index < -0.39 is 0 Å². The Morgan fingerprint density at radius 1 is 1.42 bits per heavy atom. The lowest BCUT2D eigenvalue weighted by atomic mass is 10.3. The van der Waals surface area contributed by atoms with E-state index in [1.165, 1.54) is 11.3 Å². The van der Waals surface area contributed by atoms with Crippen LogP contribution in [0.4, 0.5) is 0 Å². The predicted octanol–water partition coefficient (Wildman–Crippen LogP) is 2.16. The molecule has 1 aromatic carbocycles. The Labute approximate surface area is 72.8 Å². The van der Waals surface area contributed by atoms with E-state index in [-0.39, 0.29) is 0 Å². The highest BCUT2D eigenvalue weighted by Crippen LogP contribution is 2.26. The molecule has 1 aromatic heterocycles. The van der Waals surface area contributed by atoms with Crippen molar-refractivity contribution in [1.29, 1.82) is 5.26 Å². The molecule has 0 saturated heterocycles. The van der Waals surface area contributed by atoms with Crippen LogP contribution >= 0.6 is 11.3 Å². The molecule has 0 atom stereocenters. The first kappa shape index (κ1) is 7.07. The van der Waals surface area contributed by atoms with Crippen molar-refractivity contribution in [3.63, 3.8) is 0 Å². The van der Waals surface area contributed by atoms with E-state index in [0.717, 1.165) is 10.2 Å². The molecular formula is C8H4N2OS. The number of ether oxygens (including phenoxy) is 1. The molecule has 0 aliphatic heterocycles. The molecule has 0 bridgehead atoms. The van der Waals surface area contributed by atoms with Gasteiger partial charge in [-0.05, 0) is 12.1 Å². The molecule has 0 spiro atoms. The van der Waals surface area contributed by atoms with Gasteiger partial charge in [-0.2, -0.15) is 0 Å². The standard InChI is InChI=1S/C8H4N2OS/c9-5-11-8-10-6-3-1-2-4-7(6)12-8/h1-4H. The van der Waals surface area contributed by atoms with Gasteiger partial charge in [0.05, 0.1) is 10.2 Å². The SMILES string of the molecule is N#COc1nc2ccccc2s1. The smallest absolute Gasteiger partial charge is 0.294 e. The van der Waals surface area contributed by atoms with Gasteiger partial charge in [-0.1, -0.05) is 23.5 Å². The Kier molecular flexibility index (Phi) is 1.65. The third kappa shape index (κ3) is 1.11. The fraction of sp³-hybridized carbons (Fsp3) is 0. The lowest BCUT2D eigenvalue weighted by molar-refractivity contribution is 0.504. The third-order valence-electron chi connectivity index (χ3n) is 1.41. The highest BCUT2D eigenvalue weighted by atomic mass is 32.1. The second-order valence-electron chi connectivity index (χ2n) is 2.14. The molecule has 12 heavy (non-hydrogen) atoms. The third-order valence-corrected chi connectivity index (χ3v) is 2.32. The van der Waals surface area contributed by atoms with E-state index in [1.807, 2.05) is 24.3 Å². The molecule has 58 valence electrons. The van der Waals surface area contributed by atoms with Crippen LogP contribution in [-0.4, -0.2) is 4.98 Å². The number of nitriles is 1. The van der Waals surface area contributed by atoms with Gasteiger partial charge < -0.3 is 4.74 Å². The Hall–Kier alpha value is -1.60. The van der Waals surface area contributed by atoms with Gasteiger partial charge in [0, 0.05) is 0 Å². The van der Waals surface area contributed by atoms with Crippen LogP contribution < -0.4 is 4.74 Å². The zero-order valence-electron chi connectivity index (χ0n) is 6.02. The van der Waals surface area contributed by atoms with Crippen molar-refractivity contribution in [2.75, 3.05) is 0 Å². The van der Waals surface area contributed by atoms with Gasteiger partial charge in [-0.3, -0.25) is 0 Å². The van der Waals surface area contributed by atoms with Crippen LogP contribution in [0.25, 0.3) is 10.2 Å². The minimum Gasteiger partial charge on any atom is -0.357 e. The van der Waals surface area contributed by atoms with E-state index in [1.54, 1.807) is 6.26 Å². The molecule has 0 aliphatic rings. The number of nitrogens with zero attached hydrogens (tertiary/aromatic N) is 2. The lowest BCUT2D eigenvalue weighted by Gasteiger charge is -1.80. The van der Waals surface area contributed by atoms with Gasteiger partial charge in [0.2, 0.25) is 0 Å². The van der Waals surface area contributed by atoms with Gasteiger partial charge in [-0.25, -0.2) is 4.98 Å². The van der Waals surface area contributed by atoms with Crippen LogP contribution in [-0.2, 0) is 0 Å². The maximum atomic E-state index is 8.24. The second-order valence-corrected chi connectivity index (χ2v) is 3.13. The van der Waals surface area contributed by atoms with Crippen molar-refractivity contribution in [3.05, 3.63) is 24.3 Å². The molecule has 0 fully saturated rings. The maximum absolute atomic E-state index is 8.24. The molecule has 0 amide bonds. The number of aromatic nitrogens is 1. The summed E-state index contributed by atoms with van der Waals surface area (Å²) in [7, 11) is 0. The summed E-state index contributed by atoms with van der Waals surface area (Å²) in [5.41, 5.74) is 0.868. The monoisotopic (exact) mass is 176 g/mol. The van der Waals surface area contributed by atoms with Crippen molar-refractivity contribution >= 4 is 21.6 Å². The Bertz CT molecular complexity index is 410. The quantitative estimate of drug-likeness (QED) is 0.625. The number of hydrogen-bond acceptors (Lipinski definition) is 4. The van der Waals surface area contributed by atoms with Crippen LogP contribution in [0, 0.1) is 11.5 Å². The summed E-state index contributed by atoms with van der Waals surface area (Å²) in [5, 5.41) is 8.64. The summed E-state index contributed by atoms with van der Waals surface area (Å²) in [6.07, 6.45) is 1.59. The summed E-state index contributed by atoms with van der Waals surface area (Å²) in [5.74, 6) is 0. The average Bonchev–Trinajstić information content (AvgIpc) is 2.47. The zero-order chi connectivity index (χ0) is 8.39. The minimum absolute atomic E-state index is 0.402. The van der Waals surface area contributed by atoms with Crippen molar-refractivity contribution < 1.29 is 4.74 Å². The van der Waals surface area contributed by atoms with E-state index in [4.69, 9.17) is 5.26 Å². The second kappa shape index (κ2) is 2.80. The fourth-order valence-corrected chi connectivity index (χ4v) is 1.71. The van der Waals surface area contributed by atoms with E-state index in [0.29, 0.717) is 5.19 Å². The molecular weight excluding hydrogens is 172 g/mol. The molecule has 0 unspecified atom stereocenters. The van der Waals surface area contributed by atoms with E-state index in [2.05, 4.69) is 9.72 Å². The molecule has 2 aromatic rings. The van der Waals surface area contributed by atoms with E-state index in [9.17, 15) is 0 Å². The number of thiazole rings is 1. The van der Waals surface area contributed by atoms with Crippen molar-refractivity contribution in [3.8, 4) is 11.4 Å². The van der Waals surface area contributed by atoms with Crippen LogP contribution in [0.1, 0.15) is 0 Å². The molecule has 0 radical (unpaired) electrons. The first-order chi connectivity index (χ1) is 5.90. The molecule has 3 nitrogen and oxygen atoms in total. The summed E-state index contributed by atoms with van der Waals surface area (Å²) in [6, 6.07) is 7.65. The molecule has 1 heterocycles. The molecule has 0 N–H and O–H groups in total. The summed E-state index contributed by atoms with van der Waals surface area (Å²) in [4.78, 5) is 4.08. The van der Waals surface area contributed by atoms with Gasteiger partial charge >= 0.3 is 0 Å². The number of hydrogen-bond donors (Lipinski definition) is 0. The molecule has 4 heteroatoms. The van der Waals surface area contributed by atoms with Crippen molar-refractivity contribution in [2.45, 2.75) is 0 Å². The van der Waals surface area contributed by atoms with Gasteiger partial charge in [-0.15, -0.1) is 5.26 Å². The van der Waals surface area contributed by atoms with Crippen LogP contribution in [0.3, 0.4) is 0 Å². The number of fused-ring (bicyclic) bond motifs is 1. The predicted molar refractivity (Wildman–Crippen MR) is 45.9 cm³/mol. The zero-order valence-corrected chi connectivity index (χ0v) is 6.84. The Balaban J connectivity index is 2.56. The minimum atomic E-state index is 0.402. The van der Waals surface area contributed by atoms with Crippen molar-refractivity contribution in [2.24, 2.45) is 0 Å². The first-order valence-electron chi connectivity index (χ1n) is 3.31. The van der Waals surface area contributed by atoms with Gasteiger partial charge in [0.15, 0.2) is 0 Å². The van der Waals surface area contributed by atoms with Crippen LogP contribution in [0.15, 0.2) is 24.3 Å². The van der Waals surface area contributed by atoms with E-state index >= 15 is 0 Å².